The first kappa shape index (κ1) is 15.2. The molecule has 124 valence electrons. The lowest BCUT2D eigenvalue weighted by atomic mass is 10.1. The molecule has 0 saturated heterocycles. The number of anilines is 2. The van der Waals surface area contributed by atoms with Gasteiger partial charge in [0.15, 0.2) is 11.5 Å². The van der Waals surface area contributed by atoms with E-state index in [4.69, 9.17) is 9.47 Å². The molecule has 0 saturated carbocycles. The van der Waals surface area contributed by atoms with Gasteiger partial charge in [0, 0.05) is 16.6 Å². The molecule has 1 aromatic carbocycles. The van der Waals surface area contributed by atoms with Gasteiger partial charge in [0.2, 0.25) is 0 Å². The Labute approximate surface area is 144 Å². The predicted octanol–water partition coefficient (Wildman–Crippen LogP) is 4.25. The highest BCUT2D eigenvalue weighted by atomic mass is 32.1. The number of fused-ring (bicyclic) bond motifs is 3. The van der Waals surface area contributed by atoms with E-state index in [1.807, 2.05) is 19.1 Å². The number of benzene rings is 1. The molecule has 4 rings (SSSR count). The first-order valence-corrected chi connectivity index (χ1v) is 8.77. The van der Waals surface area contributed by atoms with E-state index in [0.717, 1.165) is 40.5 Å². The summed E-state index contributed by atoms with van der Waals surface area (Å²) in [5.74, 6) is 2.30. The topological polar surface area (TPSA) is 56.3 Å². The van der Waals surface area contributed by atoms with E-state index in [9.17, 15) is 0 Å². The lowest BCUT2D eigenvalue weighted by Crippen LogP contribution is -2.00. The molecule has 0 radical (unpaired) electrons. The number of rotatable bonds is 4. The van der Waals surface area contributed by atoms with Gasteiger partial charge in [0.25, 0.3) is 0 Å². The molecule has 3 aromatic rings. The van der Waals surface area contributed by atoms with Crippen LogP contribution < -0.4 is 14.8 Å². The van der Waals surface area contributed by atoms with E-state index in [1.54, 1.807) is 31.9 Å². The molecule has 1 N–H and O–H groups in total. The molecule has 0 spiro atoms. The first-order chi connectivity index (χ1) is 11.7. The van der Waals surface area contributed by atoms with Crippen molar-refractivity contribution in [2.24, 2.45) is 0 Å². The van der Waals surface area contributed by atoms with Gasteiger partial charge in [0.1, 0.15) is 17.0 Å². The van der Waals surface area contributed by atoms with Gasteiger partial charge in [-0.05, 0) is 43.4 Å². The van der Waals surface area contributed by atoms with Gasteiger partial charge in [-0.1, -0.05) is 0 Å². The third kappa shape index (κ3) is 2.38. The van der Waals surface area contributed by atoms with Crippen LogP contribution in [0.4, 0.5) is 11.5 Å². The number of ether oxygens (including phenoxy) is 2. The fraction of sp³-hybridized carbons (Fsp3) is 0.333. The lowest BCUT2D eigenvalue weighted by molar-refractivity contribution is 0.355. The smallest absolute Gasteiger partial charge is 0.162 e. The van der Waals surface area contributed by atoms with Crippen LogP contribution in [-0.2, 0) is 12.8 Å². The summed E-state index contributed by atoms with van der Waals surface area (Å²) in [6, 6.07) is 3.92. The molecule has 0 fully saturated rings. The Hall–Kier alpha value is -2.34. The predicted molar refractivity (Wildman–Crippen MR) is 97.0 cm³/mol. The van der Waals surface area contributed by atoms with E-state index in [0.29, 0.717) is 5.75 Å². The molecule has 0 bridgehead atoms. The third-order valence-electron chi connectivity index (χ3n) is 4.48. The molecule has 24 heavy (non-hydrogen) atoms. The molecule has 0 unspecified atom stereocenters. The molecule has 5 nitrogen and oxygen atoms in total. The monoisotopic (exact) mass is 341 g/mol. The molecular weight excluding hydrogens is 322 g/mol. The fourth-order valence-corrected chi connectivity index (χ4v) is 4.50. The molecule has 1 aliphatic carbocycles. The molecule has 0 amide bonds. The summed E-state index contributed by atoms with van der Waals surface area (Å²) in [5, 5.41) is 4.65. The molecule has 1 aliphatic rings. The van der Waals surface area contributed by atoms with Crippen molar-refractivity contribution in [1.29, 1.82) is 0 Å². The highest BCUT2D eigenvalue weighted by Gasteiger charge is 2.21. The largest absolute Gasteiger partial charge is 0.493 e. The van der Waals surface area contributed by atoms with E-state index >= 15 is 0 Å². The quantitative estimate of drug-likeness (QED) is 0.769. The average molecular weight is 341 g/mol. The molecule has 2 heterocycles. The van der Waals surface area contributed by atoms with Crippen LogP contribution in [0, 0.1) is 6.92 Å². The third-order valence-corrected chi connectivity index (χ3v) is 5.68. The van der Waals surface area contributed by atoms with Crippen LogP contribution in [-0.4, -0.2) is 24.2 Å². The number of thiophene rings is 1. The van der Waals surface area contributed by atoms with Crippen molar-refractivity contribution in [3.63, 3.8) is 0 Å². The Morgan fingerprint density at radius 2 is 1.88 bits per heavy atom. The summed E-state index contributed by atoms with van der Waals surface area (Å²) < 4.78 is 10.8. The number of nitrogens with zero attached hydrogens (tertiary/aromatic N) is 2. The highest BCUT2D eigenvalue weighted by Crippen LogP contribution is 2.41. The SMILES string of the molecule is COc1cc(C)c(Nc2ncnc3sc4c(c23)CCC4)cc1OC. The second kappa shape index (κ2) is 5.94. The summed E-state index contributed by atoms with van der Waals surface area (Å²) in [6.07, 6.45) is 5.13. The minimum absolute atomic E-state index is 0.700. The number of nitrogens with one attached hydrogen (secondary N) is 1. The van der Waals surface area contributed by atoms with Crippen LogP contribution in [0.15, 0.2) is 18.5 Å². The molecular formula is C18H19N3O2S. The fourth-order valence-electron chi connectivity index (χ4n) is 3.27. The van der Waals surface area contributed by atoms with Gasteiger partial charge >= 0.3 is 0 Å². The Morgan fingerprint density at radius 3 is 2.67 bits per heavy atom. The number of aromatic nitrogens is 2. The maximum absolute atomic E-state index is 5.42. The Morgan fingerprint density at radius 1 is 1.08 bits per heavy atom. The number of methoxy groups -OCH3 is 2. The van der Waals surface area contributed by atoms with Crippen LogP contribution in [0.5, 0.6) is 11.5 Å². The van der Waals surface area contributed by atoms with Crippen molar-refractivity contribution in [3.8, 4) is 11.5 Å². The first-order valence-electron chi connectivity index (χ1n) is 7.96. The van der Waals surface area contributed by atoms with Gasteiger partial charge in [-0.2, -0.15) is 0 Å². The normalized spacial score (nSPS) is 13.1. The maximum Gasteiger partial charge on any atom is 0.162 e. The van der Waals surface area contributed by atoms with E-state index in [2.05, 4.69) is 15.3 Å². The zero-order valence-corrected chi connectivity index (χ0v) is 14.8. The zero-order valence-electron chi connectivity index (χ0n) is 14.0. The Balaban J connectivity index is 1.80. The van der Waals surface area contributed by atoms with Gasteiger partial charge in [0.05, 0.1) is 19.6 Å². The van der Waals surface area contributed by atoms with Crippen molar-refractivity contribution in [2.45, 2.75) is 26.2 Å². The van der Waals surface area contributed by atoms with E-state index in [-0.39, 0.29) is 0 Å². The summed E-state index contributed by atoms with van der Waals surface area (Å²) in [5.41, 5.74) is 3.45. The standard InChI is InChI=1S/C18H19N3O2S/c1-10-7-13(22-2)14(23-3)8-12(10)21-17-16-11-5-4-6-15(11)24-18(16)20-9-19-17/h7-9H,4-6H2,1-3H3,(H,19,20,21). The summed E-state index contributed by atoms with van der Waals surface area (Å²) in [6.45, 7) is 2.04. The van der Waals surface area contributed by atoms with E-state index in [1.165, 1.54) is 22.2 Å². The van der Waals surface area contributed by atoms with Gasteiger partial charge in [-0.25, -0.2) is 9.97 Å². The second-order valence-corrected chi connectivity index (χ2v) is 6.99. The van der Waals surface area contributed by atoms with Gasteiger partial charge in [-0.3, -0.25) is 0 Å². The minimum atomic E-state index is 0.700. The van der Waals surface area contributed by atoms with E-state index < -0.39 is 0 Å². The van der Waals surface area contributed by atoms with Gasteiger partial charge in [-0.15, -0.1) is 11.3 Å². The van der Waals surface area contributed by atoms with Crippen molar-refractivity contribution in [2.75, 3.05) is 19.5 Å². The maximum atomic E-state index is 5.42. The summed E-state index contributed by atoms with van der Waals surface area (Å²) >= 11 is 1.79. The van der Waals surface area contributed by atoms with Crippen LogP contribution in [0.2, 0.25) is 0 Å². The van der Waals surface area contributed by atoms with Crippen LogP contribution in [0.1, 0.15) is 22.4 Å². The zero-order chi connectivity index (χ0) is 16.7. The van der Waals surface area contributed by atoms with Crippen molar-refractivity contribution in [3.05, 3.63) is 34.5 Å². The average Bonchev–Trinajstić information content (AvgIpc) is 3.17. The Bertz CT molecular complexity index is 920. The molecule has 0 atom stereocenters. The van der Waals surface area contributed by atoms with Gasteiger partial charge < -0.3 is 14.8 Å². The van der Waals surface area contributed by atoms with Crippen LogP contribution >= 0.6 is 11.3 Å². The van der Waals surface area contributed by atoms with Crippen LogP contribution in [0.3, 0.4) is 0 Å². The second-order valence-electron chi connectivity index (χ2n) is 5.91. The highest BCUT2D eigenvalue weighted by molar-refractivity contribution is 7.19. The van der Waals surface area contributed by atoms with Crippen molar-refractivity contribution < 1.29 is 9.47 Å². The van der Waals surface area contributed by atoms with Crippen LogP contribution in [0.25, 0.3) is 10.2 Å². The van der Waals surface area contributed by atoms with Crippen molar-refractivity contribution in [1.82, 2.24) is 9.97 Å². The van der Waals surface area contributed by atoms with Crippen molar-refractivity contribution >= 4 is 33.1 Å². The summed E-state index contributed by atoms with van der Waals surface area (Å²) in [4.78, 5) is 11.5. The number of aryl methyl sites for hydroxylation is 3. The molecule has 0 aliphatic heterocycles. The lowest BCUT2D eigenvalue weighted by Gasteiger charge is -2.14. The molecule has 2 aromatic heterocycles. The number of hydrogen-bond donors (Lipinski definition) is 1. The Kier molecular flexibility index (Phi) is 3.76. The number of hydrogen-bond acceptors (Lipinski definition) is 6. The molecule has 6 heteroatoms. The summed E-state index contributed by atoms with van der Waals surface area (Å²) in [7, 11) is 3.29. The minimum Gasteiger partial charge on any atom is -0.493 e.